The zero-order chi connectivity index (χ0) is 28.6. The molecule has 0 aromatic heterocycles. The van der Waals surface area contributed by atoms with Crippen LogP contribution in [0.25, 0.3) is 10.8 Å². The molecule has 3 N–H and O–H groups in total. The molecule has 0 aliphatic heterocycles. The van der Waals surface area contributed by atoms with E-state index in [0.717, 1.165) is 73.0 Å². The number of benzene rings is 3. The third kappa shape index (κ3) is 10.9. The van der Waals surface area contributed by atoms with Crippen LogP contribution in [0, 0.1) is 0 Å². The van der Waals surface area contributed by atoms with Gasteiger partial charge >= 0.3 is 12.1 Å². The number of carboxylic acids is 1. The molecule has 0 atom stereocenters. The molecule has 0 saturated heterocycles. The van der Waals surface area contributed by atoms with E-state index >= 15 is 0 Å². The highest BCUT2D eigenvalue weighted by atomic mass is 16.5. The molecule has 0 radical (unpaired) electrons. The molecule has 0 bridgehead atoms. The van der Waals surface area contributed by atoms with E-state index in [1.807, 2.05) is 54.6 Å². The van der Waals surface area contributed by atoms with E-state index in [1.54, 1.807) is 0 Å². The van der Waals surface area contributed by atoms with E-state index in [2.05, 4.69) is 17.4 Å². The maximum Gasteiger partial charge on any atom is 0.411 e. The Bertz CT molecular complexity index is 1270. The standard InChI is InChI=1S/C32H38N2O6/c35-30(21-22-31(36)37)34(39)23-10-6-4-2-1-3-5-7-12-25-17-19-26(20-18-25)24-40-32(38)33-29-16-11-14-27-13-8-9-15-28(27)29/h8-9,11,13-22,39H,1-7,10,12,23-24H2,(H,33,38)(H,36,37)/b22-21+. The second-order valence-electron chi connectivity index (χ2n) is 9.76. The molecule has 0 aliphatic carbocycles. The highest BCUT2D eigenvalue weighted by molar-refractivity contribution is 6.00. The molecule has 212 valence electrons. The van der Waals surface area contributed by atoms with Crippen molar-refractivity contribution in [2.75, 3.05) is 11.9 Å². The molecular formula is C32H38N2O6. The fraction of sp³-hybridized carbons (Fsp3) is 0.344. The molecule has 8 nitrogen and oxygen atoms in total. The second kappa shape index (κ2) is 16.7. The number of carboxylic acid groups (broad SMARTS) is 1. The summed E-state index contributed by atoms with van der Waals surface area (Å²) in [6.07, 6.45) is 10.4. The number of fused-ring (bicyclic) bond motifs is 1. The van der Waals surface area contributed by atoms with E-state index < -0.39 is 18.0 Å². The highest BCUT2D eigenvalue weighted by Gasteiger charge is 2.08. The van der Waals surface area contributed by atoms with Gasteiger partial charge in [-0.3, -0.25) is 15.3 Å². The molecule has 2 amide bonds. The largest absolute Gasteiger partial charge is 0.478 e. The smallest absolute Gasteiger partial charge is 0.411 e. The highest BCUT2D eigenvalue weighted by Crippen LogP contribution is 2.23. The van der Waals surface area contributed by atoms with Crippen LogP contribution < -0.4 is 5.32 Å². The van der Waals surface area contributed by atoms with Gasteiger partial charge in [0.15, 0.2) is 0 Å². The number of rotatable bonds is 16. The predicted molar refractivity (Wildman–Crippen MR) is 155 cm³/mol. The third-order valence-electron chi connectivity index (χ3n) is 6.63. The van der Waals surface area contributed by atoms with Crippen molar-refractivity contribution in [3.8, 4) is 0 Å². The number of aliphatic carboxylic acids is 1. The minimum absolute atomic E-state index is 0.200. The number of carbonyl (C=O) groups is 3. The average Bonchev–Trinajstić information content (AvgIpc) is 2.96. The lowest BCUT2D eigenvalue weighted by atomic mass is 10.0. The van der Waals surface area contributed by atoms with E-state index in [1.165, 1.54) is 12.0 Å². The van der Waals surface area contributed by atoms with Crippen molar-refractivity contribution in [3.05, 3.63) is 90.0 Å². The number of hydrogen-bond acceptors (Lipinski definition) is 5. The summed E-state index contributed by atoms with van der Waals surface area (Å²) in [5.41, 5.74) is 2.95. The Labute approximate surface area is 235 Å². The predicted octanol–water partition coefficient (Wildman–Crippen LogP) is 7.11. The first-order valence-electron chi connectivity index (χ1n) is 13.8. The van der Waals surface area contributed by atoms with Crippen molar-refractivity contribution in [2.45, 2.75) is 64.4 Å². The first-order valence-corrected chi connectivity index (χ1v) is 13.8. The van der Waals surface area contributed by atoms with Crippen LogP contribution in [0.15, 0.2) is 78.9 Å². The van der Waals surface area contributed by atoms with Crippen LogP contribution in [-0.2, 0) is 27.4 Å². The maximum absolute atomic E-state index is 12.3. The summed E-state index contributed by atoms with van der Waals surface area (Å²) in [6, 6.07) is 21.8. The third-order valence-corrected chi connectivity index (χ3v) is 6.63. The molecule has 8 heteroatoms. The summed E-state index contributed by atoms with van der Waals surface area (Å²) in [4.78, 5) is 34.2. The number of anilines is 1. The Balaban J connectivity index is 1.22. The molecule has 0 saturated carbocycles. The molecule has 0 heterocycles. The summed E-state index contributed by atoms with van der Waals surface area (Å²) in [6.45, 7) is 0.414. The van der Waals surface area contributed by atoms with E-state index in [0.29, 0.717) is 17.6 Å². The molecule has 3 aromatic carbocycles. The van der Waals surface area contributed by atoms with Gasteiger partial charge in [-0.2, -0.15) is 0 Å². The Morgan fingerprint density at radius 3 is 2.10 bits per heavy atom. The van der Waals surface area contributed by atoms with Gasteiger partial charge < -0.3 is 9.84 Å². The Morgan fingerprint density at radius 2 is 1.38 bits per heavy atom. The Kier molecular flexibility index (Phi) is 12.7. The van der Waals surface area contributed by atoms with Crippen molar-refractivity contribution in [1.29, 1.82) is 0 Å². The Morgan fingerprint density at radius 1 is 0.750 bits per heavy atom. The number of hydroxylamine groups is 2. The molecule has 0 spiro atoms. The van der Waals surface area contributed by atoms with Crippen LogP contribution in [0.3, 0.4) is 0 Å². The van der Waals surface area contributed by atoms with Crippen molar-refractivity contribution in [2.24, 2.45) is 0 Å². The van der Waals surface area contributed by atoms with Gasteiger partial charge in [-0.05, 0) is 41.8 Å². The van der Waals surface area contributed by atoms with Gasteiger partial charge in [0.1, 0.15) is 6.61 Å². The lowest BCUT2D eigenvalue weighted by Gasteiger charge is -2.12. The molecular weight excluding hydrogens is 508 g/mol. The number of carbonyl (C=O) groups excluding carboxylic acids is 2. The fourth-order valence-corrected chi connectivity index (χ4v) is 4.42. The van der Waals surface area contributed by atoms with Gasteiger partial charge in [0.05, 0.1) is 5.69 Å². The second-order valence-corrected chi connectivity index (χ2v) is 9.76. The van der Waals surface area contributed by atoms with Crippen LogP contribution in [0.5, 0.6) is 0 Å². The van der Waals surface area contributed by atoms with Crippen LogP contribution in [-0.4, -0.2) is 39.9 Å². The van der Waals surface area contributed by atoms with E-state index in [4.69, 9.17) is 9.84 Å². The van der Waals surface area contributed by atoms with Crippen molar-refractivity contribution in [1.82, 2.24) is 5.06 Å². The SMILES string of the molecule is O=C(O)/C=C/C(=O)N(O)CCCCCCCCCCc1ccc(COC(=O)Nc2cccc3ccccc23)cc1. The van der Waals surface area contributed by atoms with Gasteiger partial charge in [0.25, 0.3) is 5.91 Å². The number of unbranched alkanes of at least 4 members (excludes halogenated alkanes) is 7. The Hall–Kier alpha value is -4.17. The topological polar surface area (TPSA) is 116 Å². The summed E-state index contributed by atoms with van der Waals surface area (Å²) in [5.74, 6) is -1.94. The van der Waals surface area contributed by atoms with Gasteiger partial charge in [-0.15, -0.1) is 0 Å². The lowest BCUT2D eigenvalue weighted by Crippen LogP contribution is -2.26. The monoisotopic (exact) mass is 546 g/mol. The summed E-state index contributed by atoms with van der Waals surface area (Å²) < 4.78 is 5.42. The number of nitrogens with zero attached hydrogens (tertiary/aromatic N) is 1. The van der Waals surface area contributed by atoms with Crippen LogP contribution in [0.2, 0.25) is 0 Å². The average molecular weight is 547 g/mol. The minimum Gasteiger partial charge on any atom is -0.478 e. The number of aryl methyl sites for hydroxylation is 1. The molecule has 0 fully saturated rings. The lowest BCUT2D eigenvalue weighted by molar-refractivity contribution is -0.159. The van der Waals surface area contributed by atoms with Gasteiger partial charge in [0.2, 0.25) is 0 Å². The van der Waals surface area contributed by atoms with Crippen molar-refractivity contribution >= 4 is 34.4 Å². The molecule has 40 heavy (non-hydrogen) atoms. The molecule has 3 aromatic rings. The van der Waals surface area contributed by atoms with Crippen molar-refractivity contribution in [3.63, 3.8) is 0 Å². The van der Waals surface area contributed by atoms with Crippen LogP contribution in [0.1, 0.15) is 62.5 Å². The summed E-state index contributed by atoms with van der Waals surface area (Å²) in [7, 11) is 0. The molecule has 0 unspecified atom stereocenters. The summed E-state index contributed by atoms with van der Waals surface area (Å²) >= 11 is 0. The first kappa shape index (κ1) is 30.4. The summed E-state index contributed by atoms with van der Waals surface area (Å²) in [5, 5.41) is 23.5. The van der Waals surface area contributed by atoms with Gasteiger partial charge in [-0.25, -0.2) is 14.7 Å². The quantitative estimate of drug-likeness (QED) is 0.0763. The van der Waals surface area contributed by atoms with Crippen LogP contribution in [0.4, 0.5) is 10.5 Å². The fourth-order valence-electron chi connectivity index (χ4n) is 4.42. The number of amides is 2. The van der Waals surface area contributed by atoms with Gasteiger partial charge in [0, 0.05) is 24.1 Å². The van der Waals surface area contributed by atoms with Crippen molar-refractivity contribution < 1.29 is 29.4 Å². The van der Waals surface area contributed by atoms with E-state index in [9.17, 15) is 19.6 Å². The minimum atomic E-state index is -1.22. The molecule has 3 rings (SSSR count). The van der Waals surface area contributed by atoms with E-state index in [-0.39, 0.29) is 13.2 Å². The number of nitrogens with one attached hydrogen (secondary N) is 1. The molecule has 0 aliphatic rings. The maximum atomic E-state index is 12.3. The number of hydrogen-bond donors (Lipinski definition) is 3. The zero-order valence-corrected chi connectivity index (χ0v) is 22.8. The zero-order valence-electron chi connectivity index (χ0n) is 22.8. The number of ether oxygens (including phenoxy) is 1. The van der Waals surface area contributed by atoms with Crippen LogP contribution >= 0.6 is 0 Å². The first-order chi connectivity index (χ1) is 19.4. The normalized spacial score (nSPS) is 11.0. The van der Waals surface area contributed by atoms with Gasteiger partial charge in [-0.1, -0.05) is 99.2 Å².